The van der Waals surface area contributed by atoms with Gasteiger partial charge in [0.25, 0.3) is 0 Å². The molecule has 2 aromatic heterocycles. The maximum atomic E-state index is 13.9. The molecule has 4 heterocycles. The number of halogens is 3. The number of hydrogen-bond acceptors (Lipinski definition) is 10. The van der Waals surface area contributed by atoms with E-state index < -0.39 is 54.7 Å². The van der Waals surface area contributed by atoms with E-state index in [1.807, 2.05) is 29.3 Å². The zero-order valence-corrected chi connectivity index (χ0v) is 29.5. The summed E-state index contributed by atoms with van der Waals surface area (Å²) in [6.45, 7) is 1.58. The summed E-state index contributed by atoms with van der Waals surface area (Å²) in [5.41, 5.74) is 3.78. The van der Waals surface area contributed by atoms with Gasteiger partial charge in [0.1, 0.15) is 31.0 Å². The Balaban J connectivity index is 1.18. The van der Waals surface area contributed by atoms with Gasteiger partial charge in [0.15, 0.2) is 11.3 Å². The normalized spacial score (nSPS) is 20.6. The quantitative estimate of drug-likeness (QED) is 0.161. The molecule has 15 heteroatoms. The maximum absolute atomic E-state index is 13.9. The number of nitrogens with zero attached hydrogens (tertiary/aromatic N) is 3. The number of para-hydroxylation sites is 1. The van der Waals surface area contributed by atoms with Crippen molar-refractivity contribution < 1.29 is 46.9 Å². The first kappa shape index (κ1) is 38.0. The molecule has 2 aliphatic rings. The van der Waals surface area contributed by atoms with Gasteiger partial charge in [-0.1, -0.05) is 30.3 Å². The fourth-order valence-corrected chi connectivity index (χ4v) is 7.24. The summed E-state index contributed by atoms with van der Waals surface area (Å²) in [6.07, 6.45) is -1.66. The van der Waals surface area contributed by atoms with Crippen molar-refractivity contribution in [3.8, 4) is 11.5 Å². The van der Waals surface area contributed by atoms with Crippen LogP contribution in [0.5, 0.6) is 11.5 Å². The van der Waals surface area contributed by atoms with Gasteiger partial charge in [-0.05, 0) is 54.7 Å². The van der Waals surface area contributed by atoms with Crippen LogP contribution in [0.4, 0.5) is 13.2 Å². The largest absolute Gasteiger partial charge is 0.493 e. The van der Waals surface area contributed by atoms with Crippen LogP contribution in [0.2, 0.25) is 0 Å². The van der Waals surface area contributed by atoms with Gasteiger partial charge in [0, 0.05) is 62.0 Å². The number of aromatic nitrogens is 1. The lowest BCUT2D eigenvalue weighted by atomic mass is 9.91. The van der Waals surface area contributed by atoms with Crippen LogP contribution in [0.25, 0.3) is 11.0 Å². The van der Waals surface area contributed by atoms with Gasteiger partial charge in [-0.2, -0.15) is 13.2 Å². The van der Waals surface area contributed by atoms with Gasteiger partial charge in [-0.15, -0.1) is 0 Å². The first-order valence-electron chi connectivity index (χ1n) is 17.5. The molecule has 0 saturated carbocycles. The lowest BCUT2D eigenvalue weighted by Crippen LogP contribution is -2.60. The number of ether oxygens (including phenoxy) is 2. The lowest BCUT2D eigenvalue weighted by molar-refractivity contribution is -0.143. The van der Waals surface area contributed by atoms with Crippen LogP contribution in [-0.2, 0) is 22.6 Å². The molecule has 2 aromatic carbocycles. The molecule has 5 atom stereocenters. The maximum Gasteiger partial charge on any atom is 0.405 e. The Bertz CT molecular complexity index is 1870. The third kappa shape index (κ3) is 9.27. The summed E-state index contributed by atoms with van der Waals surface area (Å²) in [5.74, 6) is -0.860. The van der Waals surface area contributed by atoms with Crippen LogP contribution in [0.3, 0.4) is 0 Å². The highest BCUT2D eigenvalue weighted by atomic mass is 19.4. The standard InChI is InChI=1S/C38H44F3N5O7/c1-23-20-53-35-32(51-2)10-9-25(33(23)35)17-45-12-13-46(29(19-45)37(50)43-22-38(39,40)41)18-27(47)15-26(14-24-6-5-11-42-16-24)36(49)44-34-28-7-3-4-8-31(28)52-21-30(34)48/h3-11,16,20,26-27,29-30,34,47-48H,12-15,17-19,21-22H2,1-2H3,(H,43,50)(H,44,49)/t26-,27+,29+,30-,34+/m1/s1. The van der Waals surface area contributed by atoms with Crippen molar-refractivity contribution in [3.63, 3.8) is 0 Å². The van der Waals surface area contributed by atoms with Crippen LogP contribution in [0, 0.1) is 12.8 Å². The number of alkyl halides is 3. The summed E-state index contributed by atoms with van der Waals surface area (Å²) in [7, 11) is 1.55. The van der Waals surface area contributed by atoms with Crippen LogP contribution < -0.4 is 20.1 Å². The minimum Gasteiger partial charge on any atom is -0.493 e. The van der Waals surface area contributed by atoms with Crippen molar-refractivity contribution in [1.82, 2.24) is 25.4 Å². The van der Waals surface area contributed by atoms with Crippen LogP contribution in [0.1, 0.15) is 34.7 Å². The molecule has 0 unspecified atom stereocenters. The number of pyridine rings is 1. The molecule has 4 aromatic rings. The SMILES string of the molecule is COc1ccc(CN2CCN(C[C@@H](O)C[C@@H](Cc3cccnc3)C(=O)N[C@H]3c4ccccc4OC[C@H]3O)[C@H](C(=O)NCC(F)(F)F)C2)c2c(C)coc12. The van der Waals surface area contributed by atoms with Crippen molar-refractivity contribution >= 4 is 22.8 Å². The Labute approximate surface area is 304 Å². The van der Waals surface area contributed by atoms with E-state index >= 15 is 0 Å². The number of fused-ring (bicyclic) bond motifs is 2. The second-order valence-electron chi connectivity index (χ2n) is 13.7. The van der Waals surface area contributed by atoms with Gasteiger partial charge in [-0.25, -0.2) is 0 Å². The molecule has 53 heavy (non-hydrogen) atoms. The molecule has 284 valence electrons. The molecule has 12 nitrogen and oxygen atoms in total. The highest BCUT2D eigenvalue weighted by Crippen LogP contribution is 2.34. The zero-order chi connectivity index (χ0) is 37.7. The predicted molar refractivity (Wildman–Crippen MR) is 188 cm³/mol. The highest BCUT2D eigenvalue weighted by molar-refractivity contribution is 5.89. The summed E-state index contributed by atoms with van der Waals surface area (Å²) in [6, 6.07) is 12.6. The Morgan fingerprint density at radius 1 is 1.13 bits per heavy atom. The average Bonchev–Trinajstić information content (AvgIpc) is 3.54. The molecular weight excluding hydrogens is 695 g/mol. The molecular formula is C38H44F3N5O7. The van der Waals surface area contributed by atoms with Gasteiger partial charge >= 0.3 is 6.18 Å². The van der Waals surface area contributed by atoms with Crippen molar-refractivity contribution in [2.75, 3.05) is 46.4 Å². The number of aliphatic hydroxyl groups excluding tert-OH is 2. The zero-order valence-electron chi connectivity index (χ0n) is 29.5. The van der Waals surface area contributed by atoms with E-state index in [2.05, 4.69) is 10.3 Å². The Morgan fingerprint density at radius 3 is 2.70 bits per heavy atom. The number of nitrogens with one attached hydrogen (secondary N) is 2. The van der Waals surface area contributed by atoms with E-state index in [1.54, 1.807) is 67.1 Å². The minimum atomic E-state index is -4.60. The number of hydrogen-bond donors (Lipinski definition) is 4. The lowest BCUT2D eigenvalue weighted by Gasteiger charge is -2.41. The Morgan fingerprint density at radius 2 is 1.94 bits per heavy atom. The number of piperazine rings is 1. The average molecular weight is 740 g/mol. The first-order chi connectivity index (χ1) is 25.4. The summed E-state index contributed by atoms with van der Waals surface area (Å²) < 4.78 is 56.3. The van der Waals surface area contributed by atoms with Gasteiger partial charge in [0.2, 0.25) is 11.8 Å². The van der Waals surface area contributed by atoms with Crippen molar-refractivity contribution in [2.24, 2.45) is 5.92 Å². The second-order valence-corrected chi connectivity index (χ2v) is 13.7. The topological polar surface area (TPSA) is 150 Å². The molecule has 0 spiro atoms. The Kier molecular flexibility index (Phi) is 11.9. The minimum absolute atomic E-state index is 0.00729. The highest BCUT2D eigenvalue weighted by Gasteiger charge is 2.38. The van der Waals surface area contributed by atoms with E-state index in [0.29, 0.717) is 35.7 Å². The number of methoxy groups -OCH3 is 1. The molecule has 2 aliphatic heterocycles. The van der Waals surface area contributed by atoms with Crippen molar-refractivity contribution in [1.29, 1.82) is 0 Å². The second kappa shape index (κ2) is 16.5. The number of furan rings is 1. The molecule has 0 radical (unpaired) electrons. The van der Waals surface area contributed by atoms with Gasteiger partial charge in [0.05, 0.1) is 25.5 Å². The molecule has 2 amide bonds. The smallest absolute Gasteiger partial charge is 0.405 e. The third-order valence-corrected chi connectivity index (χ3v) is 9.83. The van der Waals surface area contributed by atoms with Crippen molar-refractivity contribution in [3.05, 3.63) is 89.4 Å². The number of benzene rings is 2. The molecule has 0 bridgehead atoms. The van der Waals surface area contributed by atoms with Gasteiger partial charge in [-0.3, -0.25) is 24.4 Å². The number of carbonyl (C=O) groups excluding carboxylic acids is 2. The number of aryl methyl sites for hydroxylation is 1. The summed E-state index contributed by atoms with van der Waals surface area (Å²) in [4.78, 5) is 35.1. The molecule has 0 aliphatic carbocycles. The molecule has 1 saturated heterocycles. The summed E-state index contributed by atoms with van der Waals surface area (Å²) >= 11 is 0. The van der Waals surface area contributed by atoms with Crippen molar-refractivity contribution in [2.45, 2.75) is 56.8 Å². The van der Waals surface area contributed by atoms with Gasteiger partial charge < -0.3 is 34.7 Å². The number of β-amino-alcohol motifs (C(OH)–C–C–N with tert-alkyl or cyclic N) is 1. The molecule has 4 N–H and O–H groups in total. The number of aliphatic hydroxyl groups is 2. The van der Waals surface area contributed by atoms with Crippen LogP contribution in [-0.4, -0.2) is 108 Å². The van der Waals surface area contributed by atoms with E-state index in [1.165, 1.54) is 0 Å². The van der Waals surface area contributed by atoms with E-state index in [0.717, 1.165) is 22.1 Å². The fraction of sp³-hybridized carbons (Fsp3) is 0.447. The predicted octanol–water partition coefficient (Wildman–Crippen LogP) is 3.53. The molecule has 1 fully saturated rings. The van der Waals surface area contributed by atoms with E-state index in [-0.39, 0.29) is 39.1 Å². The number of rotatable bonds is 13. The number of carbonyl (C=O) groups is 2. The summed E-state index contributed by atoms with van der Waals surface area (Å²) in [5, 5.41) is 28.1. The Hall–Kier alpha value is -4.70. The number of amides is 2. The van der Waals surface area contributed by atoms with E-state index in [9.17, 15) is 33.0 Å². The monoisotopic (exact) mass is 739 g/mol. The molecule has 6 rings (SSSR count). The fourth-order valence-electron chi connectivity index (χ4n) is 7.24. The van der Waals surface area contributed by atoms with E-state index in [4.69, 9.17) is 13.9 Å². The van der Waals surface area contributed by atoms with Crippen LogP contribution in [0.15, 0.2) is 71.6 Å². The first-order valence-corrected chi connectivity index (χ1v) is 17.5. The third-order valence-electron chi connectivity index (χ3n) is 9.83. The van der Waals surface area contributed by atoms with Crippen LogP contribution >= 0.6 is 0 Å².